The van der Waals surface area contributed by atoms with Crippen molar-refractivity contribution in [2.24, 2.45) is 0 Å². The van der Waals surface area contributed by atoms with Gasteiger partial charge in [0.1, 0.15) is 5.52 Å². The molecule has 0 aliphatic heterocycles. The third-order valence-corrected chi connectivity index (χ3v) is 2.63. The number of fused-ring (bicyclic) bond motifs is 3. The number of nitrogens with zero attached hydrogens (tertiary/aromatic N) is 1. The van der Waals surface area contributed by atoms with Crippen molar-refractivity contribution < 1.29 is 17.7 Å². The van der Waals surface area contributed by atoms with Crippen molar-refractivity contribution in [2.75, 3.05) is 0 Å². The van der Waals surface area contributed by atoms with Crippen LogP contribution in [0.3, 0.4) is 0 Å². The van der Waals surface area contributed by atoms with E-state index < -0.39 is 11.9 Å². The summed E-state index contributed by atoms with van der Waals surface area (Å²) in [6, 6.07) is 10.1. The minimum Gasteiger partial charge on any atom is -0.350 e. The van der Waals surface area contributed by atoms with E-state index in [-0.39, 0.29) is 10.9 Å². The first-order valence-electron chi connectivity index (χ1n) is 4.92. The number of benzene rings is 2. The SMILES string of the molecule is FC(F)(F)c1onc2c1ccc1ccccc12. The van der Waals surface area contributed by atoms with E-state index in [1.54, 1.807) is 18.2 Å². The molecule has 0 saturated heterocycles. The molecule has 1 aromatic heterocycles. The van der Waals surface area contributed by atoms with E-state index in [4.69, 9.17) is 0 Å². The van der Waals surface area contributed by atoms with Crippen LogP contribution in [0.5, 0.6) is 0 Å². The predicted molar refractivity (Wildman–Crippen MR) is 56.5 cm³/mol. The maximum absolute atomic E-state index is 12.6. The van der Waals surface area contributed by atoms with Gasteiger partial charge in [-0.25, -0.2) is 0 Å². The molecule has 0 saturated carbocycles. The van der Waals surface area contributed by atoms with E-state index in [1.165, 1.54) is 6.07 Å². The Morgan fingerprint density at radius 2 is 1.71 bits per heavy atom. The number of rotatable bonds is 0. The molecule has 0 N–H and O–H groups in total. The fraction of sp³-hybridized carbons (Fsp3) is 0.0833. The smallest absolute Gasteiger partial charge is 0.350 e. The molecule has 5 heteroatoms. The van der Waals surface area contributed by atoms with E-state index in [1.807, 2.05) is 12.1 Å². The van der Waals surface area contributed by atoms with Gasteiger partial charge < -0.3 is 4.52 Å². The number of halogens is 3. The minimum absolute atomic E-state index is 0.00352. The Bertz CT molecular complexity index is 700. The van der Waals surface area contributed by atoms with Crippen LogP contribution < -0.4 is 0 Å². The largest absolute Gasteiger partial charge is 0.453 e. The zero-order chi connectivity index (χ0) is 12.0. The Morgan fingerprint density at radius 3 is 2.47 bits per heavy atom. The normalized spacial score (nSPS) is 12.4. The molecule has 0 bridgehead atoms. The molecule has 0 aliphatic carbocycles. The van der Waals surface area contributed by atoms with E-state index in [9.17, 15) is 13.2 Å². The lowest BCUT2D eigenvalue weighted by molar-refractivity contribution is -0.154. The second-order valence-electron chi connectivity index (χ2n) is 3.69. The van der Waals surface area contributed by atoms with Gasteiger partial charge in [-0.15, -0.1) is 0 Å². The second-order valence-corrected chi connectivity index (χ2v) is 3.69. The summed E-state index contributed by atoms with van der Waals surface area (Å²) in [6.07, 6.45) is -4.52. The summed E-state index contributed by atoms with van der Waals surface area (Å²) in [5, 5.41) is 5.01. The van der Waals surface area contributed by atoms with Gasteiger partial charge >= 0.3 is 6.18 Å². The van der Waals surface area contributed by atoms with Crippen LogP contribution in [0, 0.1) is 0 Å². The molecule has 86 valence electrons. The Balaban J connectivity index is 2.43. The van der Waals surface area contributed by atoms with Gasteiger partial charge in [0.15, 0.2) is 0 Å². The van der Waals surface area contributed by atoms with Crippen LogP contribution >= 0.6 is 0 Å². The van der Waals surface area contributed by atoms with Crippen molar-refractivity contribution >= 4 is 21.7 Å². The molecule has 2 nitrogen and oxygen atoms in total. The van der Waals surface area contributed by atoms with Crippen molar-refractivity contribution in [1.82, 2.24) is 5.16 Å². The van der Waals surface area contributed by atoms with E-state index in [0.717, 1.165) is 5.39 Å². The molecule has 0 unspecified atom stereocenters. The number of hydrogen-bond donors (Lipinski definition) is 0. The third-order valence-electron chi connectivity index (χ3n) is 2.63. The lowest BCUT2D eigenvalue weighted by atomic mass is 10.1. The van der Waals surface area contributed by atoms with Gasteiger partial charge in [0.05, 0.1) is 5.39 Å². The van der Waals surface area contributed by atoms with Crippen molar-refractivity contribution in [1.29, 1.82) is 0 Å². The second kappa shape index (κ2) is 3.23. The molecule has 0 spiro atoms. The molecule has 1 heterocycles. The zero-order valence-electron chi connectivity index (χ0n) is 8.45. The predicted octanol–water partition coefficient (Wildman–Crippen LogP) is 4.00. The van der Waals surface area contributed by atoms with Crippen LogP contribution in [-0.4, -0.2) is 5.16 Å². The summed E-state index contributed by atoms with van der Waals surface area (Å²) in [5.41, 5.74) is 0.246. The standard InChI is InChI=1S/C12H6F3NO/c13-12(14,15)11-9-6-5-7-3-1-2-4-8(7)10(9)16-17-11/h1-6H. The highest BCUT2D eigenvalue weighted by atomic mass is 19.4. The summed E-state index contributed by atoms with van der Waals surface area (Å²) >= 11 is 0. The molecular formula is C12H6F3NO. The number of hydrogen-bond acceptors (Lipinski definition) is 2. The summed E-state index contributed by atoms with van der Waals surface area (Å²) in [6.45, 7) is 0. The Labute approximate surface area is 93.6 Å². The van der Waals surface area contributed by atoms with Crippen LogP contribution in [0.1, 0.15) is 5.76 Å². The maximum atomic E-state index is 12.6. The quantitative estimate of drug-likeness (QED) is 0.590. The summed E-state index contributed by atoms with van der Waals surface area (Å²) < 4.78 is 42.3. The lowest BCUT2D eigenvalue weighted by Crippen LogP contribution is -2.03. The van der Waals surface area contributed by atoms with Crippen molar-refractivity contribution in [3.05, 3.63) is 42.2 Å². The summed E-state index contributed by atoms with van der Waals surface area (Å²) in [5.74, 6) is -1.04. The molecule has 2 aromatic carbocycles. The topological polar surface area (TPSA) is 26.0 Å². The highest BCUT2D eigenvalue weighted by Gasteiger charge is 2.38. The molecule has 0 atom stereocenters. The third kappa shape index (κ3) is 1.46. The fourth-order valence-electron chi connectivity index (χ4n) is 1.88. The minimum atomic E-state index is -4.52. The van der Waals surface area contributed by atoms with Gasteiger partial charge in [-0.3, -0.25) is 0 Å². The van der Waals surface area contributed by atoms with Crippen LogP contribution in [0.25, 0.3) is 21.7 Å². The van der Waals surface area contributed by atoms with Crippen molar-refractivity contribution in [2.45, 2.75) is 6.18 Å². The van der Waals surface area contributed by atoms with E-state index in [0.29, 0.717) is 5.39 Å². The highest BCUT2D eigenvalue weighted by Crippen LogP contribution is 2.36. The van der Waals surface area contributed by atoms with Gasteiger partial charge in [0.2, 0.25) is 5.76 Å². The average Bonchev–Trinajstić information content (AvgIpc) is 2.72. The van der Waals surface area contributed by atoms with Crippen LogP contribution in [0.15, 0.2) is 40.9 Å². The van der Waals surface area contributed by atoms with E-state index >= 15 is 0 Å². The monoisotopic (exact) mass is 237 g/mol. The molecule has 0 aliphatic rings. The van der Waals surface area contributed by atoms with Gasteiger partial charge in [-0.05, 0) is 11.5 Å². The Kier molecular flexibility index (Phi) is 1.92. The molecule has 0 radical (unpaired) electrons. The summed E-state index contributed by atoms with van der Waals surface area (Å²) in [4.78, 5) is 0. The van der Waals surface area contributed by atoms with Gasteiger partial charge in [-0.2, -0.15) is 13.2 Å². The molecule has 3 aromatic rings. The molecule has 17 heavy (non-hydrogen) atoms. The zero-order valence-corrected chi connectivity index (χ0v) is 8.45. The molecule has 3 rings (SSSR count). The number of aromatic nitrogens is 1. The first kappa shape index (κ1) is 10.1. The first-order chi connectivity index (χ1) is 8.07. The molecular weight excluding hydrogens is 231 g/mol. The van der Waals surface area contributed by atoms with Crippen LogP contribution in [-0.2, 0) is 6.18 Å². The number of alkyl halides is 3. The van der Waals surface area contributed by atoms with Crippen LogP contribution in [0.2, 0.25) is 0 Å². The van der Waals surface area contributed by atoms with Gasteiger partial charge in [-0.1, -0.05) is 35.5 Å². The molecule has 0 fully saturated rings. The van der Waals surface area contributed by atoms with Crippen molar-refractivity contribution in [3.63, 3.8) is 0 Å². The Hall–Kier alpha value is -2.04. The fourth-order valence-corrected chi connectivity index (χ4v) is 1.88. The van der Waals surface area contributed by atoms with Gasteiger partial charge in [0, 0.05) is 5.39 Å². The highest BCUT2D eigenvalue weighted by molar-refractivity contribution is 6.05. The Morgan fingerprint density at radius 1 is 0.941 bits per heavy atom. The van der Waals surface area contributed by atoms with E-state index in [2.05, 4.69) is 9.68 Å². The summed E-state index contributed by atoms with van der Waals surface area (Å²) in [7, 11) is 0. The molecule has 0 amide bonds. The van der Waals surface area contributed by atoms with Crippen molar-refractivity contribution in [3.8, 4) is 0 Å². The lowest BCUT2D eigenvalue weighted by Gasteiger charge is -2.01. The van der Waals surface area contributed by atoms with Crippen LogP contribution in [0.4, 0.5) is 13.2 Å². The van der Waals surface area contributed by atoms with Gasteiger partial charge in [0.25, 0.3) is 0 Å². The maximum Gasteiger partial charge on any atom is 0.453 e. The first-order valence-corrected chi connectivity index (χ1v) is 4.92. The average molecular weight is 237 g/mol.